The maximum absolute atomic E-state index is 4.43. The van der Waals surface area contributed by atoms with Gasteiger partial charge in [0, 0.05) is 57.2 Å². The van der Waals surface area contributed by atoms with E-state index in [1.165, 1.54) is 22.5 Å². The molecule has 2 aliphatic heterocycles. The van der Waals surface area contributed by atoms with Crippen LogP contribution in [0, 0.1) is 6.92 Å². The van der Waals surface area contributed by atoms with Crippen LogP contribution >= 0.6 is 24.0 Å². The van der Waals surface area contributed by atoms with Gasteiger partial charge in [-0.05, 0) is 43.2 Å². The molecule has 5 nitrogen and oxygen atoms in total. The Morgan fingerprint density at radius 2 is 1.80 bits per heavy atom. The molecule has 160 valence electrons. The number of halogens is 1. The molecule has 0 aromatic heterocycles. The highest BCUT2D eigenvalue weighted by atomic mass is 127. The van der Waals surface area contributed by atoms with Crippen LogP contribution in [0.15, 0.2) is 65.7 Å². The third-order valence-corrected chi connectivity index (χ3v) is 5.71. The molecule has 0 amide bonds. The Bertz CT molecular complexity index is 869. The predicted octanol–water partition coefficient (Wildman–Crippen LogP) is 3.93. The zero-order valence-corrected chi connectivity index (χ0v) is 20.2. The molecular weight excluding hydrogens is 485 g/mol. The van der Waals surface area contributed by atoms with E-state index >= 15 is 0 Å². The van der Waals surface area contributed by atoms with Gasteiger partial charge in [-0.3, -0.25) is 4.99 Å². The van der Waals surface area contributed by atoms with Crippen LogP contribution in [0.3, 0.4) is 0 Å². The second kappa shape index (κ2) is 10.7. The van der Waals surface area contributed by atoms with Crippen molar-refractivity contribution in [3.8, 4) is 0 Å². The van der Waals surface area contributed by atoms with E-state index in [1.54, 1.807) is 0 Å². The summed E-state index contributed by atoms with van der Waals surface area (Å²) in [5.41, 5.74) is 5.15. The molecule has 2 aromatic carbocycles. The van der Waals surface area contributed by atoms with Crippen molar-refractivity contribution in [3.63, 3.8) is 0 Å². The van der Waals surface area contributed by atoms with E-state index in [-0.39, 0.29) is 24.0 Å². The van der Waals surface area contributed by atoms with Crippen LogP contribution < -0.4 is 20.4 Å². The van der Waals surface area contributed by atoms with Crippen LogP contribution in [0.1, 0.15) is 17.5 Å². The number of guanidine groups is 1. The third kappa shape index (κ3) is 5.68. The number of aliphatic imine (C=N–C) groups is 1. The summed E-state index contributed by atoms with van der Waals surface area (Å²) in [7, 11) is 1.84. The van der Waals surface area contributed by atoms with Crippen molar-refractivity contribution in [1.29, 1.82) is 0 Å². The molecule has 1 fully saturated rings. The van der Waals surface area contributed by atoms with Crippen LogP contribution in [0.4, 0.5) is 11.4 Å². The average Bonchev–Trinajstić information content (AvgIpc) is 3.44. The molecule has 0 bridgehead atoms. The Morgan fingerprint density at radius 3 is 2.53 bits per heavy atom. The number of benzene rings is 2. The number of aryl methyl sites for hydroxylation is 1. The van der Waals surface area contributed by atoms with E-state index in [4.69, 9.17) is 0 Å². The van der Waals surface area contributed by atoms with Gasteiger partial charge in [0.15, 0.2) is 5.96 Å². The Kier molecular flexibility index (Phi) is 8.01. The van der Waals surface area contributed by atoms with E-state index in [1.807, 2.05) is 7.05 Å². The van der Waals surface area contributed by atoms with Gasteiger partial charge in [0.2, 0.25) is 0 Å². The van der Waals surface area contributed by atoms with Crippen molar-refractivity contribution in [2.24, 2.45) is 4.99 Å². The van der Waals surface area contributed by atoms with E-state index in [2.05, 4.69) is 93.0 Å². The zero-order valence-electron chi connectivity index (χ0n) is 17.8. The lowest BCUT2D eigenvalue weighted by atomic mass is 10.2. The number of hydrogen-bond acceptors (Lipinski definition) is 3. The summed E-state index contributed by atoms with van der Waals surface area (Å²) in [5.74, 6) is 0.869. The van der Waals surface area contributed by atoms with Crippen LogP contribution in [-0.4, -0.2) is 45.2 Å². The molecule has 2 heterocycles. The fraction of sp³-hybridized carbons (Fsp3) is 0.375. The predicted molar refractivity (Wildman–Crippen MR) is 138 cm³/mol. The first-order valence-corrected chi connectivity index (χ1v) is 10.5. The minimum Gasteiger partial charge on any atom is -0.369 e. The topological polar surface area (TPSA) is 42.9 Å². The Morgan fingerprint density at radius 1 is 1.03 bits per heavy atom. The summed E-state index contributed by atoms with van der Waals surface area (Å²) in [6.45, 7) is 6.97. The normalized spacial score (nSPS) is 18.5. The number of nitrogens with zero attached hydrogens (tertiary/aromatic N) is 3. The van der Waals surface area contributed by atoms with Gasteiger partial charge < -0.3 is 20.4 Å². The summed E-state index contributed by atoms with van der Waals surface area (Å²) in [5, 5.41) is 7.07. The van der Waals surface area contributed by atoms with Gasteiger partial charge in [-0.1, -0.05) is 42.0 Å². The maximum atomic E-state index is 4.43. The van der Waals surface area contributed by atoms with Gasteiger partial charge in [-0.2, -0.15) is 0 Å². The van der Waals surface area contributed by atoms with Gasteiger partial charge >= 0.3 is 0 Å². The van der Waals surface area contributed by atoms with Gasteiger partial charge in [-0.25, -0.2) is 0 Å². The summed E-state index contributed by atoms with van der Waals surface area (Å²) in [4.78, 5) is 9.24. The summed E-state index contributed by atoms with van der Waals surface area (Å²) in [6.07, 6.45) is 5.56. The van der Waals surface area contributed by atoms with E-state index in [9.17, 15) is 0 Å². The molecule has 0 saturated carbocycles. The maximum Gasteiger partial charge on any atom is 0.191 e. The standard InChI is InChI=1S/C24H31N5.HI/c1-19-8-10-22(11-9-19)29-15-12-21(18-29)27-24(25-2)26-17-20-6-5-7-23(16-20)28-13-3-4-14-28;/h3-11,16,21H,12-15,17-18H2,1-2H3,(H2,25,26,27);1H. The minimum absolute atomic E-state index is 0. The van der Waals surface area contributed by atoms with E-state index in [0.717, 1.165) is 45.1 Å². The molecule has 2 aliphatic rings. The Balaban J connectivity index is 0.00000256. The highest BCUT2D eigenvalue weighted by molar-refractivity contribution is 14.0. The van der Waals surface area contributed by atoms with Crippen LogP contribution in [0.5, 0.6) is 0 Å². The molecule has 30 heavy (non-hydrogen) atoms. The summed E-state index contributed by atoms with van der Waals surface area (Å²) < 4.78 is 0. The van der Waals surface area contributed by atoms with Gasteiger partial charge in [0.1, 0.15) is 0 Å². The lowest BCUT2D eigenvalue weighted by molar-refractivity contribution is 0.648. The van der Waals surface area contributed by atoms with Crippen LogP contribution in [-0.2, 0) is 6.54 Å². The first-order chi connectivity index (χ1) is 14.2. The first kappa shape index (κ1) is 22.5. The second-order valence-electron chi connectivity index (χ2n) is 7.88. The van der Waals surface area contributed by atoms with Crippen LogP contribution in [0.2, 0.25) is 0 Å². The molecule has 2 aromatic rings. The van der Waals surface area contributed by atoms with E-state index in [0.29, 0.717) is 6.04 Å². The molecular formula is C24H32IN5. The van der Waals surface area contributed by atoms with E-state index < -0.39 is 0 Å². The van der Waals surface area contributed by atoms with Crippen molar-refractivity contribution in [1.82, 2.24) is 10.6 Å². The summed E-state index contributed by atoms with van der Waals surface area (Å²) in [6, 6.07) is 18.0. The van der Waals surface area contributed by atoms with Gasteiger partial charge in [-0.15, -0.1) is 24.0 Å². The monoisotopic (exact) mass is 517 g/mol. The van der Waals surface area contributed by atoms with Crippen LogP contribution in [0.25, 0.3) is 0 Å². The first-order valence-electron chi connectivity index (χ1n) is 10.5. The lowest BCUT2D eigenvalue weighted by Crippen LogP contribution is -2.44. The highest BCUT2D eigenvalue weighted by Gasteiger charge is 2.23. The fourth-order valence-corrected chi connectivity index (χ4v) is 3.99. The van der Waals surface area contributed by atoms with Gasteiger partial charge in [0.25, 0.3) is 0 Å². The highest BCUT2D eigenvalue weighted by Crippen LogP contribution is 2.21. The average molecular weight is 517 g/mol. The molecule has 1 atom stereocenters. The van der Waals surface area contributed by atoms with Crippen molar-refractivity contribution in [2.45, 2.75) is 25.9 Å². The number of anilines is 2. The molecule has 1 saturated heterocycles. The molecule has 2 N–H and O–H groups in total. The lowest BCUT2D eigenvalue weighted by Gasteiger charge is -2.21. The molecule has 4 rings (SSSR count). The molecule has 6 heteroatoms. The summed E-state index contributed by atoms with van der Waals surface area (Å²) >= 11 is 0. The van der Waals surface area contributed by atoms with Gasteiger partial charge in [0.05, 0.1) is 0 Å². The largest absolute Gasteiger partial charge is 0.369 e. The van der Waals surface area contributed by atoms with Crippen molar-refractivity contribution in [2.75, 3.05) is 43.0 Å². The molecule has 0 spiro atoms. The number of nitrogens with one attached hydrogen (secondary N) is 2. The Hall–Kier alpha value is -2.22. The number of rotatable bonds is 5. The second-order valence-corrected chi connectivity index (χ2v) is 7.88. The molecule has 0 aliphatic carbocycles. The minimum atomic E-state index is 0. The van der Waals surface area contributed by atoms with Crippen molar-refractivity contribution >= 4 is 41.3 Å². The molecule has 1 unspecified atom stereocenters. The number of hydrogen-bond donors (Lipinski definition) is 2. The third-order valence-electron chi connectivity index (χ3n) is 5.71. The zero-order chi connectivity index (χ0) is 20.1. The molecule has 0 radical (unpaired) electrons. The van der Waals surface area contributed by atoms with Crippen molar-refractivity contribution < 1.29 is 0 Å². The smallest absolute Gasteiger partial charge is 0.191 e. The fourth-order valence-electron chi connectivity index (χ4n) is 3.99. The quantitative estimate of drug-likeness (QED) is 0.273. The van der Waals surface area contributed by atoms with Crippen molar-refractivity contribution in [3.05, 3.63) is 71.8 Å². The SMILES string of the molecule is CN=C(NCc1cccc(N2CC=CC2)c1)NC1CCN(c2ccc(C)cc2)C1.I. The Labute approximate surface area is 197 Å².